The van der Waals surface area contributed by atoms with E-state index in [4.69, 9.17) is 11.2 Å². The molecule has 0 rings (SSSR count). The highest BCUT2D eigenvalue weighted by Crippen LogP contribution is 2.53. The van der Waals surface area contributed by atoms with Crippen molar-refractivity contribution in [1.29, 1.82) is 0 Å². The quantitative estimate of drug-likeness (QED) is 0.389. The number of nitrogens with zero attached hydrogens (tertiary/aromatic N) is 2. The lowest BCUT2D eigenvalue weighted by molar-refractivity contribution is 0.587. The average molecular weight is 199 g/mol. The maximum atomic E-state index is 10.6. The van der Waals surface area contributed by atoms with E-state index in [1.165, 1.54) is 0 Å². The minimum Gasteiger partial charge on any atom is -0.252 e. The van der Waals surface area contributed by atoms with Crippen molar-refractivity contribution in [2.75, 3.05) is 0 Å². The summed E-state index contributed by atoms with van der Waals surface area (Å²) >= 11 is 13.3. The normalized spacial score (nSPS) is 14.3. The maximum Gasteiger partial charge on any atom is 0.406 e. The van der Waals surface area contributed by atoms with Crippen molar-refractivity contribution in [3.63, 3.8) is 0 Å². The van der Waals surface area contributed by atoms with Gasteiger partial charge >= 0.3 is 6.80 Å². The Morgan fingerprint density at radius 2 is 1.67 bits per heavy atom. The minimum absolute atomic E-state index is 1.83. The summed E-state index contributed by atoms with van der Waals surface area (Å²) in [5.41, 5.74) is 0. The highest BCUT2D eigenvalue weighted by molar-refractivity contribution is 7.88. The van der Waals surface area contributed by atoms with Gasteiger partial charge in [-0.25, -0.2) is 0 Å². The second-order valence-corrected chi connectivity index (χ2v) is 3.89. The first kappa shape index (κ1) is 9.12. The molecular weight excluding hydrogens is 199 g/mol. The monoisotopic (exact) mass is 198 g/mol. The Morgan fingerprint density at radius 1 is 1.33 bits per heavy atom. The van der Waals surface area contributed by atoms with Crippen molar-refractivity contribution in [3.05, 3.63) is 0 Å². The van der Waals surface area contributed by atoms with E-state index in [2.05, 4.69) is 34.0 Å². The first-order valence-electron chi connectivity index (χ1n) is 1.61. The van der Waals surface area contributed by atoms with Gasteiger partial charge in [0.05, 0.1) is 10.3 Å². The van der Waals surface area contributed by atoms with Crippen LogP contribution >= 0.6 is 42.5 Å². The predicted octanol–water partition coefficient (Wildman–Crippen LogP) is 2.54. The molecular formula is C2ClN2OPS2. The van der Waals surface area contributed by atoms with Gasteiger partial charge in [0.15, 0.2) is 0 Å². The fourth-order valence-electron chi connectivity index (χ4n) is 0.123. The smallest absolute Gasteiger partial charge is 0.252 e. The second-order valence-electron chi connectivity index (χ2n) is 0.856. The van der Waals surface area contributed by atoms with E-state index in [0.717, 1.165) is 0 Å². The van der Waals surface area contributed by atoms with Crippen molar-refractivity contribution in [3.8, 4) is 0 Å². The third kappa shape index (κ3) is 4.61. The molecule has 0 aliphatic heterocycles. The molecule has 0 aromatic rings. The van der Waals surface area contributed by atoms with Gasteiger partial charge in [0.1, 0.15) is 0 Å². The number of hydrogen-bond acceptors (Lipinski definition) is 3. The molecule has 0 bridgehead atoms. The van der Waals surface area contributed by atoms with E-state index >= 15 is 0 Å². The van der Waals surface area contributed by atoms with E-state index in [-0.39, 0.29) is 0 Å². The molecule has 0 aromatic heterocycles. The predicted molar refractivity (Wildman–Crippen MR) is 43.5 cm³/mol. The zero-order valence-corrected chi connectivity index (χ0v) is 7.23. The molecule has 7 heteroatoms. The van der Waals surface area contributed by atoms with Gasteiger partial charge in [-0.2, -0.15) is 0 Å². The molecule has 48 valence electrons. The van der Waals surface area contributed by atoms with Crippen molar-refractivity contribution in [2.45, 2.75) is 0 Å². The summed E-state index contributed by atoms with van der Waals surface area (Å²) in [4.78, 5) is 0. The summed E-state index contributed by atoms with van der Waals surface area (Å²) in [5, 5.41) is 3.65. The van der Waals surface area contributed by atoms with Gasteiger partial charge in [0, 0.05) is 0 Å². The Kier molecular flexibility index (Phi) is 4.07. The van der Waals surface area contributed by atoms with Gasteiger partial charge in [-0.3, -0.25) is 4.57 Å². The SMILES string of the molecule is O=P(Cl)(N=C=S)N=C=S. The standard InChI is InChI=1S/C2ClN2OPS2/c3-7(6,4-1-8)5-2-9. The summed E-state index contributed by atoms with van der Waals surface area (Å²) < 4.78 is 16.7. The number of hydrogen-bond donors (Lipinski definition) is 0. The van der Waals surface area contributed by atoms with Gasteiger partial charge < -0.3 is 0 Å². The van der Waals surface area contributed by atoms with Crippen LogP contribution < -0.4 is 0 Å². The molecule has 0 spiro atoms. The van der Waals surface area contributed by atoms with Crippen LogP contribution in [-0.2, 0) is 4.57 Å². The average Bonchev–Trinajstić information content (AvgIpc) is 1.64. The molecule has 0 saturated carbocycles. The summed E-state index contributed by atoms with van der Waals surface area (Å²) in [6, 6.07) is 0. The topological polar surface area (TPSA) is 41.8 Å². The molecule has 0 unspecified atom stereocenters. The van der Waals surface area contributed by atoms with Gasteiger partial charge in [-0.15, -0.1) is 9.53 Å². The van der Waals surface area contributed by atoms with Crippen LogP contribution in [0.5, 0.6) is 0 Å². The van der Waals surface area contributed by atoms with Crippen LogP contribution in [-0.4, -0.2) is 10.3 Å². The number of isothiocyanates is 2. The molecule has 0 aliphatic carbocycles. The summed E-state index contributed by atoms with van der Waals surface area (Å²) in [6.07, 6.45) is 0. The van der Waals surface area contributed by atoms with E-state index in [1.807, 2.05) is 10.3 Å². The Balaban J connectivity index is 4.59. The summed E-state index contributed by atoms with van der Waals surface area (Å²) in [7, 11) is 0. The van der Waals surface area contributed by atoms with E-state index in [1.54, 1.807) is 0 Å². The van der Waals surface area contributed by atoms with Gasteiger partial charge in [-0.1, -0.05) is 0 Å². The van der Waals surface area contributed by atoms with Crippen LogP contribution in [0.3, 0.4) is 0 Å². The fraction of sp³-hybridized carbons (Fsp3) is 0. The van der Waals surface area contributed by atoms with Gasteiger partial charge in [-0.05, 0) is 35.7 Å². The van der Waals surface area contributed by atoms with Crippen LogP contribution in [0.1, 0.15) is 0 Å². The molecule has 0 aromatic carbocycles. The van der Waals surface area contributed by atoms with Crippen LogP contribution in [0.25, 0.3) is 0 Å². The zero-order valence-electron chi connectivity index (χ0n) is 3.94. The van der Waals surface area contributed by atoms with Crippen LogP contribution in [0, 0.1) is 0 Å². The fourth-order valence-corrected chi connectivity index (χ4v) is 1.53. The Morgan fingerprint density at radius 3 is 1.89 bits per heavy atom. The minimum atomic E-state index is -3.40. The molecule has 0 N–H and O–H groups in total. The van der Waals surface area contributed by atoms with Crippen molar-refractivity contribution in [2.24, 2.45) is 9.53 Å². The molecule has 0 aliphatic rings. The van der Waals surface area contributed by atoms with Crippen molar-refractivity contribution in [1.82, 2.24) is 0 Å². The number of thiocarbonyl (C=S) groups is 2. The third-order valence-electron chi connectivity index (χ3n) is 0.328. The molecule has 0 fully saturated rings. The molecule has 0 amide bonds. The number of rotatable bonds is 2. The van der Waals surface area contributed by atoms with E-state index < -0.39 is 6.80 Å². The largest absolute Gasteiger partial charge is 0.406 e. The highest BCUT2D eigenvalue weighted by Gasteiger charge is 2.11. The Labute approximate surface area is 67.1 Å². The van der Waals surface area contributed by atoms with Crippen molar-refractivity contribution < 1.29 is 4.57 Å². The van der Waals surface area contributed by atoms with Crippen LogP contribution in [0.15, 0.2) is 9.53 Å². The second kappa shape index (κ2) is 4.02. The molecule has 3 nitrogen and oxygen atoms in total. The highest BCUT2D eigenvalue weighted by atomic mass is 35.7. The molecule has 0 radical (unpaired) electrons. The van der Waals surface area contributed by atoms with Crippen molar-refractivity contribution >= 4 is 52.8 Å². The van der Waals surface area contributed by atoms with E-state index in [9.17, 15) is 4.57 Å². The molecule has 0 saturated heterocycles. The van der Waals surface area contributed by atoms with E-state index in [0.29, 0.717) is 0 Å². The zero-order chi connectivity index (χ0) is 7.33. The molecule has 9 heavy (non-hydrogen) atoms. The lowest BCUT2D eigenvalue weighted by atomic mass is 11.8. The van der Waals surface area contributed by atoms with Gasteiger partial charge in [0.25, 0.3) is 0 Å². The first-order chi connectivity index (χ1) is 4.12. The number of halogens is 1. The first-order valence-corrected chi connectivity index (χ1v) is 4.94. The Bertz CT molecular complexity index is 219. The third-order valence-corrected chi connectivity index (χ3v) is 1.93. The van der Waals surface area contributed by atoms with Crippen LogP contribution in [0.2, 0.25) is 0 Å². The van der Waals surface area contributed by atoms with Crippen LogP contribution in [0.4, 0.5) is 0 Å². The summed E-state index contributed by atoms with van der Waals surface area (Å²) in [5.74, 6) is 0. The van der Waals surface area contributed by atoms with Gasteiger partial charge in [0.2, 0.25) is 0 Å². The lowest BCUT2D eigenvalue weighted by Crippen LogP contribution is -1.54. The lowest BCUT2D eigenvalue weighted by Gasteiger charge is -1.86. The maximum absolute atomic E-state index is 10.6. The molecule has 0 heterocycles. The molecule has 0 atom stereocenters. The summed E-state index contributed by atoms with van der Waals surface area (Å²) in [6.45, 7) is -3.40. The Hall–Kier alpha value is 0.120.